The third-order valence-corrected chi connectivity index (χ3v) is 5.38. The molecule has 0 saturated carbocycles. The minimum absolute atomic E-state index is 0.0545. The van der Waals surface area contributed by atoms with Gasteiger partial charge in [-0.05, 0) is 33.1 Å². The second-order valence-electron chi connectivity index (χ2n) is 5.78. The average Bonchev–Trinajstić information content (AvgIpc) is 2.96. The van der Waals surface area contributed by atoms with Crippen LogP contribution in [0.25, 0.3) is 0 Å². The Morgan fingerprint density at radius 2 is 2.38 bits per heavy atom. The minimum atomic E-state index is -0.357. The van der Waals surface area contributed by atoms with E-state index < -0.39 is 0 Å². The van der Waals surface area contributed by atoms with Gasteiger partial charge in [-0.15, -0.1) is 11.3 Å². The first kappa shape index (κ1) is 16.2. The lowest BCUT2D eigenvalue weighted by Crippen LogP contribution is -2.47. The van der Waals surface area contributed by atoms with Gasteiger partial charge in [0.15, 0.2) is 0 Å². The molecule has 3 unspecified atom stereocenters. The standard InChI is InChI=1S/C15H25N3O2S/c1-4-13-8-16-14(21-13)10(2)17-15(20)18-7-5-6-12(9-18)11(3)19/h8,10-12,19H,4-7,9H2,1-3H3,(H,17,20). The Kier molecular flexibility index (Phi) is 5.58. The Morgan fingerprint density at radius 3 is 3.00 bits per heavy atom. The molecule has 1 aromatic rings. The van der Waals surface area contributed by atoms with Crippen molar-refractivity contribution in [1.82, 2.24) is 15.2 Å². The number of rotatable bonds is 4. The number of urea groups is 1. The molecule has 0 bridgehead atoms. The van der Waals surface area contributed by atoms with Crippen LogP contribution >= 0.6 is 11.3 Å². The molecule has 2 N–H and O–H groups in total. The number of aromatic nitrogens is 1. The normalized spacial score (nSPS) is 21.9. The first-order valence-electron chi connectivity index (χ1n) is 7.69. The van der Waals surface area contributed by atoms with Crippen molar-refractivity contribution < 1.29 is 9.90 Å². The van der Waals surface area contributed by atoms with Crippen LogP contribution in [0.3, 0.4) is 0 Å². The predicted molar refractivity (Wildman–Crippen MR) is 84.4 cm³/mol. The van der Waals surface area contributed by atoms with E-state index >= 15 is 0 Å². The molecule has 2 amide bonds. The zero-order chi connectivity index (χ0) is 15.4. The van der Waals surface area contributed by atoms with Crippen molar-refractivity contribution in [1.29, 1.82) is 0 Å². The fraction of sp³-hybridized carbons (Fsp3) is 0.733. The van der Waals surface area contributed by atoms with Gasteiger partial charge in [-0.25, -0.2) is 9.78 Å². The van der Waals surface area contributed by atoms with E-state index in [-0.39, 0.29) is 24.1 Å². The van der Waals surface area contributed by atoms with E-state index in [9.17, 15) is 9.90 Å². The van der Waals surface area contributed by atoms with E-state index in [0.29, 0.717) is 6.54 Å². The Balaban J connectivity index is 1.91. The summed E-state index contributed by atoms with van der Waals surface area (Å²) in [4.78, 5) is 19.8. The van der Waals surface area contributed by atoms with Gasteiger partial charge < -0.3 is 15.3 Å². The number of aryl methyl sites for hydroxylation is 1. The topological polar surface area (TPSA) is 65.5 Å². The number of likely N-dealkylation sites (tertiary alicyclic amines) is 1. The van der Waals surface area contributed by atoms with Crippen molar-refractivity contribution in [2.45, 2.75) is 52.2 Å². The molecule has 118 valence electrons. The van der Waals surface area contributed by atoms with Gasteiger partial charge in [0.2, 0.25) is 0 Å². The number of hydrogen-bond donors (Lipinski definition) is 2. The third kappa shape index (κ3) is 4.17. The number of amides is 2. The second-order valence-corrected chi connectivity index (χ2v) is 6.93. The van der Waals surface area contributed by atoms with Gasteiger partial charge in [0, 0.05) is 30.1 Å². The Labute approximate surface area is 130 Å². The van der Waals surface area contributed by atoms with Crippen LogP contribution in [0.4, 0.5) is 4.79 Å². The lowest BCUT2D eigenvalue weighted by molar-refractivity contribution is 0.0734. The van der Waals surface area contributed by atoms with Crippen molar-refractivity contribution in [2.24, 2.45) is 5.92 Å². The van der Waals surface area contributed by atoms with Crippen LogP contribution in [-0.4, -0.2) is 40.2 Å². The van der Waals surface area contributed by atoms with Gasteiger partial charge in [0.05, 0.1) is 12.1 Å². The lowest BCUT2D eigenvalue weighted by Gasteiger charge is -2.34. The Bertz CT molecular complexity index is 475. The Morgan fingerprint density at radius 1 is 1.62 bits per heavy atom. The number of piperidine rings is 1. The molecule has 0 radical (unpaired) electrons. The van der Waals surface area contributed by atoms with Crippen LogP contribution in [0.2, 0.25) is 0 Å². The monoisotopic (exact) mass is 311 g/mol. The summed E-state index contributed by atoms with van der Waals surface area (Å²) in [5, 5.41) is 13.7. The quantitative estimate of drug-likeness (QED) is 0.898. The molecule has 2 rings (SSSR count). The summed E-state index contributed by atoms with van der Waals surface area (Å²) in [6.45, 7) is 7.27. The molecule has 1 aromatic heterocycles. The van der Waals surface area contributed by atoms with Crippen LogP contribution in [0.15, 0.2) is 6.20 Å². The summed E-state index contributed by atoms with van der Waals surface area (Å²) in [5.74, 6) is 0.186. The van der Waals surface area contributed by atoms with Crippen molar-refractivity contribution in [2.75, 3.05) is 13.1 Å². The number of aliphatic hydroxyl groups excluding tert-OH is 1. The number of hydrogen-bond acceptors (Lipinski definition) is 4. The number of carbonyl (C=O) groups excluding carboxylic acids is 1. The highest BCUT2D eigenvalue weighted by molar-refractivity contribution is 7.11. The maximum atomic E-state index is 12.3. The van der Waals surface area contributed by atoms with Crippen molar-refractivity contribution >= 4 is 17.4 Å². The molecule has 1 aliphatic rings. The minimum Gasteiger partial charge on any atom is -0.393 e. The molecular weight excluding hydrogens is 286 g/mol. The summed E-state index contributed by atoms with van der Waals surface area (Å²) in [6.07, 6.45) is 4.44. The zero-order valence-electron chi connectivity index (χ0n) is 13.0. The number of nitrogens with one attached hydrogen (secondary N) is 1. The predicted octanol–water partition coefficient (Wildman–Crippen LogP) is 2.57. The second kappa shape index (κ2) is 7.22. The van der Waals surface area contributed by atoms with Gasteiger partial charge in [0.1, 0.15) is 5.01 Å². The smallest absolute Gasteiger partial charge is 0.317 e. The summed E-state index contributed by atoms with van der Waals surface area (Å²) in [7, 11) is 0. The lowest BCUT2D eigenvalue weighted by atomic mass is 9.94. The fourth-order valence-corrected chi connectivity index (χ4v) is 3.47. The summed E-state index contributed by atoms with van der Waals surface area (Å²) in [5.41, 5.74) is 0. The average molecular weight is 311 g/mol. The molecule has 0 spiro atoms. The molecule has 0 aromatic carbocycles. The number of thiazole rings is 1. The van der Waals surface area contributed by atoms with E-state index in [1.54, 1.807) is 18.3 Å². The van der Waals surface area contributed by atoms with Gasteiger partial charge in [-0.1, -0.05) is 6.92 Å². The molecular formula is C15H25N3O2S. The van der Waals surface area contributed by atoms with E-state index in [0.717, 1.165) is 30.8 Å². The van der Waals surface area contributed by atoms with E-state index in [2.05, 4.69) is 17.2 Å². The van der Waals surface area contributed by atoms with Crippen molar-refractivity contribution in [3.63, 3.8) is 0 Å². The van der Waals surface area contributed by atoms with Crippen LogP contribution in [-0.2, 0) is 6.42 Å². The molecule has 0 aliphatic carbocycles. The maximum absolute atomic E-state index is 12.3. The number of carbonyl (C=O) groups is 1. The molecule has 5 nitrogen and oxygen atoms in total. The third-order valence-electron chi connectivity index (χ3n) is 4.06. The molecule has 2 heterocycles. The molecule has 21 heavy (non-hydrogen) atoms. The first-order valence-corrected chi connectivity index (χ1v) is 8.51. The van der Waals surface area contributed by atoms with Crippen LogP contribution in [0.5, 0.6) is 0 Å². The van der Waals surface area contributed by atoms with Gasteiger partial charge in [0.25, 0.3) is 0 Å². The van der Waals surface area contributed by atoms with E-state index in [1.807, 2.05) is 18.0 Å². The zero-order valence-corrected chi connectivity index (χ0v) is 13.8. The largest absolute Gasteiger partial charge is 0.393 e. The SMILES string of the molecule is CCc1cnc(C(C)NC(=O)N2CCCC(C(C)O)C2)s1. The van der Waals surface area contributed by atoms with E-state index in [1.165, 1.54) is 4.88 Å². The van der Waals surface area contributed by atoms with Crippen molar-refractivity contribution in [3.8, 4) is 0 Å². The highest BCUT2D eigenvalue weighted by atomic mass is 32.1. The maximum Gasteiger partial charge on any atom is 0.317 e. The molecule has 1 saturated heterocycles. The Hall–Kier alpha value is -1.14. The number of aliphatic hydroxyl groups is 1. The van der Waals surface area contributed by atoms with Gasteiger partial charge in [-0.2, -0.15) is 0 Å². The molecule has 1 aliphatic heterocycles. The summed E-state index contributed by atoms with van der Waals surface area (Å²) >= 11 is 1.65. The van der Waals surface area contributed by atoms with Crippen molar-refractivity contribution in [3.05, 3.63) is 16.1 Å². The highest BCUT2D eigenvalue weighted by Crippen LogP contribution is 2.22. The summed E-state index contributed by atoms with van der Waals surface area (Å²) < 4.78 is 0. The van der Waals surface area contributed by atoms with Crippen LogP contribution < -0.4 is 5.32 Å². The fourth-order valence-electron chi connectivity index (χ4n) is 2.61. The van der Waals surface area contributed by atoms with Crippen LogP contribution in [0, 0.1) is 5.92 Å². The first-order chi connectivity index (χ1) is 10.0. The number of nitrogens with zero attached hydrogens (tertiary/aromatic N) is 2. The summed E-state index contributed by atoms with van der Waals surface area (Å²) in [6, 6.07) is -0.129. The van der Waals surface area contributed by atoms with Crippen LogP contribution in [0.1, 0.15) is 49.5 Å². The van der Waals surface area contributed by atoms with E-state index in [4.69, 9.17) is 0 Å². The molecule has 3 atom stereocenters. The van der Waals surface area contributed by atoms with Gasteiger partial charge in [-0.3, -0.25) is 0 Å². The van der Waals surface area contributed by atoms with Gasteiger partial charge >= 0.3 is 6.03 Å². The highest BCUT2D eigenvalue weighted by Gasteiger charge is 2.27. The molecule has 1 fully saturated rings. The molecule has 6 heteroatoms.